The van der Waals surface area contributed by atoms with Crippen molar-refractivity contribution in [2.45, 2.75) is 17.8 Å². The van der Waals surface area contributed by atoms with E-state index in [0.29, 0.717) is 47.4 Å². The monoisotopic (exact) mass is 501 g/mol. The van der Waals surface area contributed by atoms with Gasteiger partial charge >= 0.3 is 12.4 Å². The number of hydrogen-bond acceptors (Lipinski definition) is 7. The van der Waals surface area contributed by atoms with Crippen LogP contribution >= 0.6 is 0 Å². The van der Waals surface area contributed by atoms with Gasteiger partial charge in [0.05, 0.1) is 11.4 Å². The van der Waals surface area contributed by atoms with Crippen molar-refractivity contribution in [3.8, 4) is 11.5 Å². The van der Waals surface area contributed by atoms with E-state index in [9.17, 15) is 36.6 Å². The summed E-state index contributed by atoms with van der Waals surface area (Å²) in [6.07, 6.45) is -11.6. The maximum atomic E-state index is 13.8. The SMILES string of the molecule is Nc1cc(C(c2ccc(O)c(N)c2)(C(F)(F)F)C(F)(F)F)ccc1O.On1nnc2ccccc21. The van der Waals surface area contributed by atoms with Gasteiger partial charge in [0.25, 0.3) is 0 Å². The lowest BCUT2D eigenvalue weighted by atomic mass is 9.72. The highest BCUT2D eigenvalue weighted by molar-refractivity contribution is 5.73. The number of anilines is 2. The van der Waals surface area contributed by atoms with Crippen LogP contribution in [0.1, 0.15) is 11.1 Å². The van der Waals surface area contributed by atoms with E-state index >= 15 is 0 Å². The number of fused-ring (bicyclic) bond motifs is 1. The molecule has 0 aliphatic heterocycles. The Bertz CT molecular complexity index is 1290. The molecule has 14 heteroatoms. The minimum Gasteiger partial charge on any atom is -0.506 e. The largest absolute Gasteiger partial charge is 0.506 e. The molecule has 8 nitrogen and oxygen atoms in total. The lowest BCUT2D eigenvalue weighted by Crippen LogP contribution is -2.54. The van der Waals surface area contributed by atoms with E-state index in [2.05, 4.69) is 10.3 Å². The van der Waals surface area contributed by atoms with Crippen LogP contribution in [0.5, 0.6) is 11.5 Å². The van der Waals surface area contributed by atoms with Crippen LogP contribution in [0.2, 0.25) is 0 Å². The van der Waals surface area contributed by atoms with Crippen molar-refractivity contribution in [3.63, 3.8) is 0 Å². The molecule has 0 saturated heterocycles. The summed E-state index contributed by atoms with van der Waals surface area (Å²) < 4.78 is 82.7. The number of aromatic hydroxyl groups is 2. The molecule has 0 unspecified atom stereocenters. The Morgan fingerprint density at radius 1 is 0.714 bits per heavy atom. The second-order valence-corrected chi connectivity index (χ2v) is 7.26. The van der Waals surface area contributed by atoms with E-state index in [1.807, 2.05) is 12.1 Å². The summed E-state index contributed by atoms with van der Waals surface area (Å²) in [5.74, 6) is -1.32. The number of aromatic nitrogens is 3. The molecule has 0 amide bonds. The fourth-order valence-electron chi connectivity index (χ4n) is 3.41. The minimum atomic E-state index is -5.82. The van der Waals surface area contributed by atoms with Gasteiger partial charge in [-0.1, -0.05) is 29.1 Å². The number of phenols is 2. The molecule has 3 aromatic carbocycles. The van der Waals surface area contributed by atoms with E-state index in [1.54, 1.807) is 12.1 Å². The molecule has 4 aromatic rings. The molecule has 0 radical (unpaired) electrons. The Hall–Kier alpha value is -4.36. The lowest BCUT2D eigenvalue weighted by Gasteiger charge is -2.38. The zero-order chi connectivity index (χ0) is 26.2. The topological polar surface area (TPSA) is 143 Å². The Morgan fingerprint density at radius 3 is 1.57 bits per heavy atom. The summed E-state index contributed by atoms with van der Waals surface area (Å²) in [7, 11) is 0. The highest BCUT2D eigenvalue weighted by Gasteiger charge is 2.72. The quantitative estimate of drug-likeness (QED) is 0.119. The molecule has 1 aromatic heterocycles. The summed E-state index contributed by atoms with van der Waals surface area (Å²) in [6.45, 7) is 0. The van der Waals surface area contributed by atoms with E-state index in [1.165, 1.54) is 0 Å². The standard InChI is InChI=1S/C15H12F6N2O2.C6H5N3O/c16-14(17,18)13(15(19,20)21,7-1-3-11(24)9(22)5-7)8-2-4-12(25)10(23)6-8;10-9-6-4-2-1-3-5(6)7-8-9/h1-6,24-25H,22-23H2;1-4,10H. The third-order valence-electron chi connectivity index (χ3n) is 5.11. The van der Waals surface area contributed by atoms with Gasteiger partial charge in [-0.25, -0.2) is 0 Å². The van der Waals surface area contributed by atoms with Gasteiger partial charge in [-0.15, -0.1) is 5.10 Å². The summed E-state index contributed by atoms with van der Waals surface area (Å²) in [6, 6.07) is 10.2. The first-order chi connectivity index (χ1) is 16.2. The molecule has 0 aliphatic carbocycles. The number of alkyl halides is 6. The maximum Gasteiger partial charge on any atom is 0.411 e. The van der Waals surface area contributed by atoms with Crippen LogP contribution in [0, 0.1) is 0 Å². The van der Waals surface area contributed by atoms with Crippen molar-refractivity contribution in [1.29, 1.82) is 0 Å². The van der Waals surface area contributed by atoms with Crippen LogP contribution in [-0.2, 0) is 5.41 Å². The van der Waals surface area contributed by atoms with Crippen molar-refractivity contribution in [3.05, 3.63) is 71.8 Å². The normalized spacial score (nSPS) is 12.3. The van der Waals surface area contributed by atoms with Crippen LogP contribution in [-0.4, -0.2) is 42.9 Å². The molecule has 35 heavy (non-hydrogen) atoms. The summed E-state index contributed by atoms with van der Waals surface area (Å²) in [4.78, 5) is 0.759. The van der Waals surface area contributed by atoms with Gasteiger partial charge < -0.3 is 26.9 Å². The highest BCUT2D eigenvalue weighted by atomic mass is 19.4. The molecule has 0 fully saturated rings. The van der Waals surface area contributed by atoms with Crippen molar-refractivity contribution in [2.24, 2.45) is 0 Å². The predicted octanol–water partition coefficient (Wildman–Crippen LogP) is 4.34. The molecular weight excluding hydrogens is 484 g/mol. The third kappa shape index (κ3) is 4.41. The van der Waals surface area contributed by atoms with Crippen molar-refractivity contribution in [2.75, 3.05) is 11.5 Å². The second kappa shape index (κ2) is 8.77. The Balaban J connectivity index is 0.000000281. The summed E-state index contributed by atoms with van der Waals surface area (Å²) >= 11 is 0. The number of halogens is 6. The maximum absolute atomic E-state index is 13.8. The summed E-state index contributed by atoms with van der Waals surface area (Å²) in [5.41, 5.74) is 3.66. The van der Waals surface area contributed by atoms with Gasteiger partial charge in [-0.2, -0.15) is 26.3 Å². The first-order valence-electron chi connectivity index (χ1n) is 9.51. The van der Waals surface area contributed by atoms with Crippen LogP contribution in [0.3, 0.4) is 0 Å². The Labute approximate surface area is 192 Å². The van der Waals surface area contributed by atoms with Gasteiger partial charge in [0.2, 0.25) is 5.41 Å². The van der Waals surface area contributed by atoms with E-state index < -0.39 is 51.8 Å². The highest BCUT2D eigenvalue weighted by Crippen LogP contribution is 2.57. The number of rotatable bonds is 2. The molecule has 186 valence electrons. The van der Waals surface area contributed by atoms with Gasteiger partial charge in [-0.05, 0) is 52.7 Å². The number of phenolic OH excluding ortho intramolecular Hbond substituents is 2. The summed E-state index contributed by atoms with van der Waals surface area (Å²) in [5, 5.41) is 34.7. The molecule has 0 bridgehead atoms. The van der Waals surface area contributed by atoms with Crippen molar-refractivity contribution >= 4 is 22.4 Å². The molecule has 0 atom stereocenters. The molecule has 0 aliphatic rings. The zero-order valence-electron chi connectivity index (χ0n) is 17.4. The number of nitrogens with two attached hydrogens (primary N) is 2. The minimum absolute atomic E-state index is 0.402. The smallest absolute Gasteiger partial charge is 0.411 e. The molecular formula is C21H17F6N5O3. The number of para-hydroxylation sites is 1. The molecule has 0 saturated carbocycles. The molecule has 7 N–H and O–H groups in total. The molecule has 0 spiro atoms. The van der Waals surface area contributed by atoms with E-state index in [0.717, 1.165) is 4.85 Å². The predicted molar refractivity (Wildman–Crippen MR) is 113 cm³/mol. The van der Waals surface area contributed by atoms with Crippen molar-refractivity contribution < 1.29 is 41.8 Å². The lowest BCUT2D eigenvalue weighted by molar-refractivity contribution is -0.288. The van der Waals surface area contributed by atoms with E-state index in [4.69, 9.17) is 16.7 Å². The number of hydrogen-bond donors (Lipinski definition) is 5. The van der Waals surface area contributed by atoms with Crippen LogP contribution in [0.4, 0.5) is 37.7 Å². The molecule has 4 rings (SSSR count). The number of nitrogens with zero attached hydrogens (tertiary/aromatic N) is 3. The van der Waals surface area contributed by atoms with Gasteiger partial charge in [0.1, 0.15) is 22.5 Å². The molecule has 1 heterocycles. The van der Waals surface area contributed by atoms with Crippen LogP contribution in [0.15, 0.2) is 60.7 Å². The zero-order valence-corrected chi connectivity index (χ0v) is 17.4. The average Bonchev–Trinajstić information content (AvgIpc) is 3.13. The van der Waals surface area contributed by atoms with Crippen LogP contribution < -0.4 is 11.5 Å². The fourth-order valence-corrected chi connectivity index (χ4v) is 3.41. The van der Waals surface area contributed by atoms with Crippen molar-refractivity contribution in [1.82, 2.24) is 15.2 Å². The van der Waals surface area contributed by atoms with Gasteiger partial charge in [0.15, 0.2) is 0 Å². The first-order valence-corrected chi connectivity index (χ1v) is 9.51. The number of benzene rings is 3. The Morgan fingerprint density at radius 2 is 1.17 bits per heavy atom. The Kier molecular flexibility index (Phi) is 6.33. The first kappa shape index (κ1) is 25.3. The van der Waals surface area contributed by atoms with E-state index in [-0.39, 0.29) is 0 Å². The van der Waals surface area contributed by atoms with Gasteiger partial charge in [0, 0.05) is 0 Å². The number of nitrogen functional groups attached to an aromatic ring is 2. The average molecular weight is 501 g/mol. The van der Waals surface area contributed by atoms with Gasteiger partial charge in [-0.3, -0.25) is 0 Å². The fraction of sp³-hybridized carbons (Fsp3) is 0.143. The van der Waals surface area contributed by atoms with Crippen LogP contribution in [0.25, 0.3) is 11.0 Å². The third-order valence-corrected chi connectivity index (χ3v) is 5.11. The second-order valence-electron chi connectivity index (χ2n) is 7.26.